The number of carbonyl (C=O) groups excluding carboxylic acids is 2. The molecule has 3 N–H and O–H groups in total. The van der Waals surface area contributed by atoms with E-state index in [1.807, 2.05) is 12.3 Å². The van der Waals surface area contributed by atoms with Crippen LogP contribution in [-0.4, -0.2) is 33.9 Å². The molecule has 0 aromatic carbocycles. The van der Waals surface area contributed by atoms with Crippen molar-refractivity contribution in [2.45, 2.75) is 71.4 Å². The van der Waals surface area contributed by atoms with Crippen LogP contribution in [0.3, 0.4) is 0 Å². The van der Waals surface area contributed by atoms with E-state index in [0.29, 0.717) is 0 Å². The summed E-state index contributed by atoms with van der Waals surface area (Å²) in [7, 11) is 0. The third-order valence-electron chi connectivity index (χ3n) is 6.87. The van der Waals surface area contributed by atoms with Crippen molar-refractivity contribution in [2.24, 2.45) is 22.0 Å². The number of carbonyl (C=O) groups is 2. The number of nitrogens with two attached hydrogens (primary N) is 1. The molecule has 2 amide bonds. The van der Waals surface area contributed by atoms with Gasteiger partial charge in [-0.2, -0.15) is 5.10 Å². The fraction of sp³-hybridized carbons (Fsp3) is 0.750. The lowest BCUT2D eigenvalue weighted by atomic mass is 9.38. The molecule has 1 aromatic heterocycles. The van der Waals surface area contributed by atoms with Crippen LogP contribution in [0.1, 0.15) is 58.1 Å². The molecule has 1 aromatic rings. The Morgan fingerprint density at radius 3 is 2.41 bits per heavy atom. The third-order valence-corrected chi connectivity index (χ3v) is 6.87. The molecule has 4 bridgehead atoms. The topological polar surface area (TPSA) is 99.2 Å². The fourth-order valence-electron chi connectivity index (χ4n) is 7.59. The second kappa shape index (κ2) is 5.72. The van der Waals surface area contributed by atoms with Crippen LogP contribution in [0, 0.1) is 23.2 Å². The van der Waals surface area contributed by atoms with Crippen LogP contribution in [0.25, 0.3) is 0 Å². The first-order valence-electron chi connectivity index (χ1n) is 9.76. The number of rotatable bonds is 5. The molecule has 148 valence electrons. The first-order chi connectivity index (χ1) is 12.5. The van der Waals surface area contributed by atoms with Crippen molar-refractivity contribution in [2.75, 3.05) is 6.61 Å². The predicted molar refractivity (Wildman–Crippen MR) is 99.7 cm³/mol. The number of hydrogen-bond donors (Lipinski definition) is 2. The molecule has 1 heterocycles. The summed E-state index contributed by atoms with van der Waals surface area (Å²) in [6.45, 7) is 7.42. The minimum absolute atomic E-state index is 0.132. The fourth-order valence-corrected chi connectivity index (χ4v) is 7.59. The van der Waals surface area contributed by atoms with Crippen LogP contribution in [0.2, 0.25) is 0 Å². The number of ether oxygens (including phenoxy) is 1. The van der Waals surface area contributed by atoms with Crippen LogP contribution in [0.4, 0.5) is 4.79 Å². The first kappa shape index (κ1) is 18.3. The minimum atomic E-state index is -0.916. The summed E-state index contributed by atoms with van der Waals surface area (Å²) in [4.78, 5) is 23.3. The molecule has 0 radical (unpaired) electrons. The van der Waals surface area contributed by atoms with Crippen LogP contribution in [0.5, 0.6) is 0 Å². The predicted octanol–water partition coefficient (Wildman–Crippen LogP) is 2.52. The van der Waals surface area contributed by atoms with Gasteiger partial charge in [-0.05, 0) is 67.8 Å². The van der Waals surface area contributed by atoms with Crippen LogP contribution >= 0.6 is 0 Å². The van der Waals surface area contributed by atoms with E-state index in [2.05, 4.69) is 35.9 Å². The highest BCUT2D eigenvalue weighted by Crippen LogP contribution is 2.71. The van der Waals surface area contributed by atoms with Gasteiger partial charge in [0.15, 0.2) is 6.61 Å². The minimum Gasteiger partial charge on any atom is -0.440 e. The summed E-state index contributed by atoms with van der Waals surface area (Å²) in [6, 6.07) is 2.04. The molecular formula is C20H30N4O3. The van der Waals surface area contributed by atoms with Gasteiger partial charge in [0.25, 0.3) is 5.91 Å². The molecule has 5 rings (SSSR count). The standard InChI is InChI=1S/C20H30N4O3/c1-14-4-5-22-24(14)13-19-8-17(2)7-18(3,9-19)11-20(10-17,12-19)23-15(25)6-27-16(21)26/h4-5H,6-13H2,1-3H3,(H2,21,26)(H,23,25). The molecule has 7 nitrogen and oxygen atoms in total. The molecule has 0 saturated heterocycles. The molecule has 4 fully saturated rings. The Balaban J connectivity index is 1.61. The normalized spacial score (nSPS) is 39.4. The van der Waals surface area contributed by atoms with E-state index >= 15 is 0 Å². The summed E-state index contributed by atoms with van der Waals surface area (Å²) in [5, 5.41) is 7.78. The Labute approximate surface area is 160 Å². The zero-order valence-electron chi connectivity index (χ0n) is 16.5. The summed E-state index contributed by atoms with van der Waals surface area (Å²) >= 11 is 0. The van der Waals surface area contributed by atoms with Crippen molar-refractivity contribution in [3.63, 3.8) is 0 Å². The van der Waals surface area contributed by atoms with E-state index in [1.165, 1.54) is 25.0 Å². The second-order valence-electron chi connectivity index (χ2n) is 10.2. The molecule has 7 heteroatoms. The van der Waals surface area contributed by atoms with Gasteiger partial charge in [0, 0.05) is 24.0 Å². The molecule has 0 aliphatic heterocycles. The first-order valence-corrected chi connectivity index (χ1v) is 9.76. The van der Waals surface area contributed by atoms with E-state index in [4.69, 9.17) is 10.5 Å². The van der Waals surface area contributed by atoms with E-state index in [9.17, 15) is 9.59 Å². The van der Waals surface area contributed by atoms with Gasteiger partial charge in [-0.15, -0.1) is 0 Å². The smallest absolute Gasteiger partial charge is 0.405 e. The number of hydrogen-bond acceptors (Lipinski definition) is 4. The molecule has 27 heavy (non-hydrogen) atoms. The summed E-state index contributed by atoms with van der Waals surface area (Å²) in [6.07, 6.45) is 7.41. The van der Waals surface area contributed by atoms with Crippen molar-refractivity contribution >= 4 is 12.0 Å². The average Bonchev–Trinajstić information content (AvgIpc) is 2.85. The molecular weight excluding hydrogens is 344 g/mol. The number of amides is 2. The quantitative estimate of drug-likeness (QED) is 0.827. The van der Waals surface area contributed by atoms with Crippen molar-refractivity contribution in [1.29, 1.82) is 0 Å². The summed E-state index contributed by atoms with van der Waals surface area (Å²) in [5.41, 5.74) is 6.49. The zero-order valence-corrected chi connectivity index (χ0v) is 16.5. The van der Waals surface area contributed by atoms with Crippen LogP contribution in [-0.2, 0) is 16.1 Å². The van der Waals surface area contributed by atoms with Gasteiger partial charge < -0.3 is 15.8 Å². The lowest BCUT2D eigenvalue weighted by molar-refractivity contribution is -0.175. The van der Waals surface area contributed by atoms with Gasteiger partial charge in [-0.1, -0.05) is 13.8 Å². The van der Waals surface area contributed by atoms with Gasteiger partial charge >= 0.3 is 6.09 Å². The Morgan fingerprint density at radius 1 is 1.19 bits per heavy atom. The molecule has 2 unspecified atom stereocenters. The highest BCUT2D eigenvalue weighted by Gasteiger charge is 2.66. The van der Waals surface area contributed by atoms with Gasteiger partial charge in [-0.25, -0.2) is 4.79 Å². The van der Waals surface area contributed by atoms with Crippen molar-refractivity contribution in [3.8, 4) is 0 Å². The lowest BCUT2D eigenvalue weighted by Crippen LogP contribution is -2.69. The Bertz CT molecular complexity index is 768. The lowest BCUT2D eigenvalue weighted by Gasteiger charge is -2.69. The van der Waals surface area contributed by atoms with Crippen molar-refractivity contribution in [3.05, 3.63) is 18.0 Å². The number of aromatic nitrogens is 2. The maximum Gasteiger partial charge on any atom is 0.405 e. The summed E-state index contributed by atoms with van der Waals surface area (Å²) < 4.78 is 6.82. The molecule has 0 spiro atoms. The Hall–Kier alpha value is -2.05. The van der Waals surface area contributed by atoms with Gasteiger partial charge in [0.2, 0.25) is 0 Å². The third kappa shape index (κ3) is 3.32. The van der Waals surface area contributed by atoms with E-state index in [0.717, 1.165) is 25.8 Å². The SMILES string of the molecule is Cc1ccnn1CC12CC3(C)CC(C)(C1)CC(NC(=O)COC(N)=O)(C3)C2. The van der Waals surface area contributed by atoms with Gasteiger partial charge in [0.1, 0.15) is 0 Å². The monoisotopic (exact) mass is 374 g/mol. The zero-order chi connectivity index (χ0) is 19.5. The van der Waals surface area contributed by atoms with Crippen molar-refractivity contribution in [1.82, 2.24) is 15.1 Å². The number of nitrogens with zero attached hydrogens (tertiary/aromatic N) is 2. The highest BCUT2D eigenvalue weighted by molar-refractivity contribution is 5.80. The van der Waals surface area contributed by atoms with E-state index in [1.54, 1.807) is 0 Å². The Kier molecular flexibility index (Phi) is 3.88. The van der Waals surface area contributed by atoms with Crippen molar-refractivity contribution < 1.29 is 14.3 Å². The molecule has 4 aliphatic rings. The van der Waals surface area contributed by atoms with Crippen LogP contribution < -0.4 is 11.1 Å². The molecule has 2 atom stereocenters. The largest absolute Gasteiger partial charge is 0.440 e. The van der Waals surface area contributed by atoms with Crippen LogP contribution in [0.15, 0.2) is 12.3 Å². The second-order valence-corrected chi connectivity index (χ2v) is 10.2. The number of primary amides is 1. The van der Waals surface area contributed by atoms with E-state index in [-0.39, 0.29) is 34.3 Å². The highest BCUT2D eigenvalue weighted by atomic mass is 16.5. The maximum absolute atomic E-state index is 12.5. The van der Waals surface area contributed by atoms with Gasteiger partial charge in [-0.3, -0.25) is 9.48 Å². The van der Waals surface area contributed by atoms with Gasteiger partial charge in [0.05, 0.1) is 0 Å². The number of nitrogens with one attached hydrogen (secondary N) is 1. The molecule has 4 saturated carbocycles. The maximum atomic E-state index is 12.5. The Morgan fingerprint density at radius 2 is 1.85 bits per heavy atom. The summed E-state index contributed by atoms with van der Waals surface area (Å²) in [5.74, 6) is -0.256. The van der Waals surface area contributed by atoms with E-state index < -0.39 is 6.09 Å². The number of aryl methyl sites for hydroxylation is 1. The average molecular weight is 374 g/mol. The molecule has 4 aliphatic carbocycles.